The first kappa shape index (κ1) is 13.6. The summed E-state index contributed by atoms with van der Waals surface area (Å²) in [6, 6.07) is 5.67. The van der Waals surface area contributed by atoms with Gasteiger partial charge in [-0.15, -0.1) is 0 Å². The first-order chi connectivity index (χ1) is 7.56. The quantitative estimate of drug-likeness (QED) is 0.863. The molecule has 0 fully saturated rings. The Labute approximate surface area is 107 Å². The summed E-state index contributed by atoms with van der Waals surface area (Å²) in [5.41, 5.74) is 0.779. The van der Waals surface area contributed by atoms with Crippen molar-refractivity contribution in [1.29, 1.82) is 0 Å². The molecule has 1 atom stereocenters. The van der Waals surface area contributed by atoms with E-state index in [1.165, 1.54) is 0 Å². The highest BCUT2D eigenvalue weighted by atomic mass is 35.5. The molecule has 1 unspecified atom stereocenters. The van der Waals surface area contributed by atoms with Gasteiger partial charge in [0.25, 0.3) is 0 Å². The second kappa shape index (κ2) is 6.33. The minimum atomic E-state index is 0.197. The normalized spacial score (nSPS) is 12.9. The van der Waals surface area contributed by atoms with Crippen LogP contribution in [0.25, 0.3) is 0 Å². The lowest BCUT2D eigenvalue weighted by molar-refractivity contribution is 0.171. The Bertz CT molecular complexity index is 322. The fourth-order valence-electron chi connectivity index (χ4n) is 1.40. The Morgan fingerprint density at radius 1 is 1.25 bits per heavy atom. The number of anilines is 1. The predicted molar refractivity (Wildman–Crippen MR) is 70.6 cm³/mol. The molecule has 1 rings (SSSR count). The molecular weight excluding hydrogens is 245 g/mol. The molecule has 0 amide bonds. The maximum Gasteiger partial charge on any atom is 0.0721 e. The van der Waals surface area contributed by atoms with Crippen LogP contribution in [0.1, 0.15) is 13.8 Å². The van der Waals surface area contributed by atoms with E-state index in [4.69, 9.17) is 27.9 Å². The van der Waals surface area contributed by atoms with Crippen molar-refractivity contribution in [2.75, 3.05) is 19.0 Å². The number of methoxy groups -OCH3 is 1. The van der Waals surface area contributed by atoms with Crippen molar-refractivity contribution >= 4 is 28.9 Å². The van der Waals surface area contributed by atoms with Crippen molar-refractivity contribution in [3.05, 3.63) is 28.2 Å². The molecule has 4 heteroatoms. The molecular formula is C12H17Cl2NO. The van der Waals surface area contributed by atoms with Crippen LogP contribution in [0.2, 0.25) is 10.0 Å². The maximum absolute atomic E-state index is 6.09. The standard InChI is InChI=1S/C12H17Cl2NO/c1-8(2)11(7-16-3)15-12-9(13)5-4-6-10(12)14/h4-6,8,11,15H,7H2,1-3H3. The van der Waals surface area contributed by atoms with Gasteiger partial charge >= 0.3 is 0 Å². The van der Waals surface area contributed by atoms with Crippen molar-refractivity contribution in [3.8, 4) is 0 Å². The first-order valence-corrected chi connectivity index (χ1v) is 6.01. The summed E-state index contributed by atoms with van der Waals surface area (Å²) in [7, 11) is 1.69. The zero-order valence-electron chi connectivity index (χ0n) is 9.76. The maximum atomic E-state index is 6.09. The number of para-hydroxylation sites is 1. The Morgan fingerprint density at radius 2 is 1.81 bits per heavy atom. The average Bonchev–Trinajstić information content (AvgIpc) is 2.21. The van der Waals surface area contributed by atoms with Crippen LogP contribution < -0.4 is 5.32 Å². The fraction of sp³-hybridized carbons (Fsp3) is 0.500. The molecule has 0 saturated heterocycles. The van der Waals surface area contributed by atoms with Crippen molar-refractivity contribution in [2.24, 2.45) is 5.92 Å². The van der Waals surface area contributed by atoms with Crippen LogP contribution in [-0.4, -0.2) is 19.8 Å². The number of rotatable bonds is 5. The molecule has 0 aromatic heterocycles. The molecule has 1 aromatic carbocycles. The second-order valence-electron chi connectivity index (χ2n) is 4.05. The highest BCUT2D eigenvalue weighted by Crippen LogP contribution is 2.31. The topological polar surface area (TPSA) is 21.3 Å². The largest absolute Gasteiger partial charge is 0.383 e. The highest BCUT2D eigenvalue weighted by Gasteiger charge is 2.15. The van der Waals surface area contributed by atoms with Crippen molar-refractivity contribution in [3.63, 3.8) is 0 Å². The van der Waals surface area contributed by atoms with Gasteiger partial charge < -0.3 is 10.1 Å². The van der Waals surface area contributed by atoms with Crippen LogP contribution >= 0.6 is 23.2 Å². The lowest BCUT2D eigenvalue weighted by Gasteiger charge is -2.23. The minimum absolute atomic E-state index is 0.197. The second-order valence-corrected chi connectivity index (χ2v) is 4.86. The molecule has 0 aliphatic heterocycles. The number of ether oxygens (including phenoxy) is 1. The number of benzene rings is 1. The van der Waals surface area contributed by atoms with E-state index >= 15 is 0 Å². The first-order valence-electron chi connectivity index (χ1n) is 5.25. The molecule has 16 heavy (non-hydrogen) atoms. The molecule has 90 valence electrons. The van der Waals surface area contributed by atoms with Crippen LogP contribution in [0.5, 0.6) is 0 Å². The highest BCUT2D eigenvalue weighted by molar-refractivity contribution is 6.39. The van der Waals surface area contributed by atoms with E-state index in [1.807, 2.05) is 18.2 Å². The third kappa shape index (κ3) is 3.55. The fourth-order valence-corrected chi connectivity index (χ4v) is 1.91. The summed E-state index contributed by atoms with van der Waals surface area (Å²) in [6.07, 6.45) is 0. The van der Waals surface area contributed by atoms with E-state index in [-0.39, 0.29) is 6.04 Å². The molecule has 0 bridgehead atoms. The number of hydrogen-bond donors (Lipinski definition) is 1. The van der Waals surface area contributed by atoms with Crippen LogP contribution in [0.3, 0.4) is 0 Å². The Morgan fingerprint density at radius 3 is 2.25 bits per heavy atom. The monoisotopic (exact) mass is 261 g/mol. The van der Waals surface area contributed by atoms with Gasteiger partial charge in [-0.25, -0.2) is 0 Å². The van der Waals surface area contributed by atoms with Crippen LogP contribution in [0, 0.1) is 5.92 Å². The Kier molecular flexibility index (Phi) is 5.39. The Balaban J connectivity index is 2.84. The summed E-state index contributed by atoms with van der Waals surface area (Å²) < 4.78 is 5.17. The SMILES string of the molecule is COCC(Nc1c(Cl)cccc1Cl)C(C)C. The zero-order chi connectivity index (χ0) is 12.1. The van der Waals surface area contributed by atoms with Gasteiger partial charge in [-0.3, -0.25) is 0 Å². The molecule has 0 spiro atoms. The summed E-state index contributed by atoms with van der Waals surface area (Å²) in [6.45, 7) is 4.88. The van der Waals surface area contributed by atoms with Gasteiger partial charge in [-0.2, -0.15) is 0 Å². The van der Waals surface area contributed by atoms with E-state index in [1.54, 1.807) is 7.11 Å². The van der Waals surface area contributed by atoms with Gasteiger partial charge in [0.2, 0.25) is 0 Å². The molecule has 0 radical (unpaired) electrons. The molecule has 1 N–H and O–H groups in total. The summed E-state index contributed by atoms with van der Waals surface area (Å²) in [5, 5.41) is 4.59. The van der Waals surface area contributed by atoms with Gasteiger partial charge in [0.05, 0.1) is 28.4 Å². The zero-order valence-corrected chi connectivity index (χ0v) is 11.3. The summed E-state index contributed by atoms with van der Waals surface area (Å²) in [4.78, 5) is 0. The van der Waals surface area contributed by atoms with Gasteiger partial charge in [-0.1, -0.05) is 43.1 Å². The molecule has 0 aliphatic carbocycles. The van der Waals surface area contributed by atoms with Crippen molar-refractivity contribution in [1.82, 2.24) is 0 Å². The average molecular weight is 262 g/mol. The van der Waals surface area contributed by atoms with Crippen LogP contribution in [0.4, 0.5) is 5.69 Å². The smallest absolute Gasteiger partial charge is 0.0721 e. The predicted octanol–water partition coefficient (Wildman–Crippen LogP) is 4.08. The van der Waals surface area contributed by atoms with E-state index in [9.17, 15) is 0 Å². The van der Waals surface area contributed by atoms with Gasteiger partial charge in [0, 0.05) is 7.11 Å². The van der Waals surface area contributed by atoms with Crippen LogP contribution in [-0.2, 0) is 4.74 Å². The van der Waals surface area contributed by atoms with Crippen LogP contribution in [0.15, 0.2) is 18.2 Å². The van der Waals surface area contributed by atoms with Crippen molar-refractivity contribution < 1.29 is 4.74 Å². The lowest BCUT2D eigenvalue weighted by Crippen LogP contribution is -2.30. The Hall–Kier alpha value is -0.440. The van der Waals surface area contributed by atoms with Gasteiger partial charge in [0.15, 0.2) is 0 Å². The summed E-state index contributed by atoms with van der Waals surface area (Å²) in [5.74, 6) is 0.437. The number of hydrogen-bond acceptors (Lipinski definition) is 2. The van der Waals surface area contributed by atoms with E-state index < -0.39 is 0 Å². The number of halogens is 2. The van der Waals surface area contributed by atoms with E-state index in [2.05, 4.69) is 19.2 Å². The molecule has 2 nitrogen and oxygen atoms in total. The third-order valence-corrected chi connectivity index (χ3v) is 3.07. The van der Waals surface area contributed by atoms with Crippen molar-refractivity contribution in [2.45, 2.75) is 19.9 Å². The van der Waals surface area contributed by atoms with E-state index in [0.717, 1.165) is 5.69 Å². The molecule has 0 heterocycles. The lowest BCUT2D eigenvalue weighted by atomic mass is 10.1. The minimum Gasteiger partial charge on any atom is -0.383 e. The third-order valence-electron chi connectivity index (χ3n) is 2.44. The van der Waals surface area contributed by atoms with Gasteiger partial charge in [-0.05, 0) is 18.1 Å². The van der Waals surface area contributed by atoms with E-state index in [0.29, 0.717) is 22.6 Å². The van der Waals surface area contributed by atoms with Gasteiger partial charge in [0.1, 0.15) is 0 Å². The molecule has 0 aliphatic rings. The summed E-state index contributed by atoms with van der Waals surface area (Å²) >= 11 is 12.2. The molecule has 0 saturated carbocycles. The number of nitrogens with one attached hydrogen (secondary N) is 1. The molecule has 1 aromatic rings.